The standard InChI is InChI=1S/Ba.BrH.ClH.Eu.2H2O.2H/h;2*1H;;2*1H2;;/q+2;;;;;;2*-1. The van der Waals surface area contributed by atoms with Crippen molar-refractivity contribution in [2.24, 2.45) is 0 Å². The molecule has 0 aliphatic rings. The van der Waals surface area contributed by atoms with Gasteiger partial charge in [-0.15, -0.1) is 29.4 Å². The van der Waals surface area contributed by atoms with Gasteiger partial charge >= 0.3 is 48.9 Å². The van der Waals surface area contributed by atoms with Gasteiger partial charge in [-0.05, 0) is 0 Å². The fourth-order valence-electron chi connectivity index (χ4n) is 0. The van der Waals surface area contributed by atoms with Gasteiger partial charge in [-0.3, -0.25) is 0 Å². The number of hydrogen-bond acceptors (Lipinski definition) is 0. The van der Waals surface area contributed by atoms with Crippen molar-refractivity contribution in [3.05, 3.63) is 0 Å². The third-order valence-corrected chi connectivity index (χ3v) is 0. The van der Waals surface area contributed by atoms with Gasteiger partial charge in [-0.2, -0.15) is 0 Å². The maximum Gasteiger partial charge on any atom is 2.00 e. The zero-order valence-electron chi connectivity index (χ0n) is 4.90. The third-order valence-electron chi connectivity index (χ3n) is 0. The van der Waals surface area contributed by atoms with E-state index in [2.05, 4.69) is 0 Å². The first kappa shape index (κ1) is 52.1. The first-order valence-electron chi connectivity index (χ1n) is 0. The second kappa shape index (κ2) is 36.8. The minimum Gasteiger partial charge on any atom is -1.00 e. The summed E-state index contributed by atoms with van der Waals surface area (Å²) in [5, 5.41) is 0. The van der Waals surface area contributed by atoms with Crippen molar-refractivity contribution in [1.29, 1.82) is 0 Å². The van der Waals surface area contributed by atoms with Gasteiger partial charge in [0.25, 0.3) is 0 Å². The van der Waals surface area contributed by atoms with Crippen molar-refractivity contribution in [2.75, 3.05) is 0 Å². The van der Waals surface area contributed by atoms with Gasteiger partial charge in [0.2, 0.25) is 0 Å². The van der Waals surface area contributed by atoms with Crippen LogP contribution in [0.1, 0.15) is 2.85 Å². The van der Waals surface area contributed by atoms with Crippen LogP contribution in [-0.2, 0) is 0 Å². The average molecular weight is 445 g/mol. The van der Waals surface area contributed by atoms with Crippen molar-refractivity contribution < 1.29 is 63.2 Å². The van der Waals surface area contributed by atoms with Gasteiger partial charge in [-0.1, -0.05) is 0 Å². The molecule has 0 aromatic heterocycles. The molecule has 0 bridgehead atoms. The summed E-state index contributed by atoms with van der Waals surface area (Å²) in [6.07, 6.45) is 0. The van der Waals surface area contributed by atoms with Crippen LogP contribution in [0.2, 0.25) is 0 Å². The van der Waals surface area contributed by atoms with Crippen molar-refractivity contribution in [3.8, 4) is 0 Å². The first-order valence-corrected chi connectivity index (χ1v) is 0. The molecule has 6 heteroatoms. The quantitative estimate of drug-likeness (QED) is 0.439. The third kappa shape index (κ3) is 24.9. The van der Waals surface area contributed by atoms with E-state index in [-0.39, 0.29) is 141 Å². The Bertz CT molecular complexity index is 20.0. The van der Waals surface area contributed by atoms with Crippen LogP contribution >= 0.6 is 29.4 Å². The van der Waals surface area contributed by atoms with Crippen molar-refractivity contribution in [1.82, 2.24) is 0 Å². The zero-order valence-corrected chi connectivity index (χ0v) is 12.3. The number of rotatable bonds is 0. The largest absolute Gasteiger partial charge is 2.00 e. The van der Waals surface area contributed by atoms with Gasteiger partial charge in [0.05, 0.1) is 0 Å². The first-order chi connectivity index (χ1) is 0. The van der Waals surface area contributed by atoms with E-state index in [1.807, 2.05) is 0 Å². The maximum absolute atomic E-state index is 0. The molecule has 0 saturated heterocycles. The molecule has 0 heterocycles. The second-order valence-electron chi connectivity index (χ2n) is 0. The minimum atomic E-state index is 0. The Morgan fingerprint density at radius 1 is 1.00 bits per heavy atom. The molecule has 0 aliphatic carbocycles. The molecule has 0 amide bonds. The van der Waals surface area contributed by atoms with Crippen molar-refractivity contribution in [3.63, 3.8) is 0 Å². The van der Waals surface area contributed by atoms with Crippen LogP contribution in [0.3, 0.4) is 0 Å². The van der Waals surface area contributed by atoms with Crippen LogP contribution in [0, 0.1) is 49.4 Å². The Hall–Kier alpha value is 3.85. The fourth-order valence-corrected chi connectivity index (χ4v) is 0. The molecular weight excluding hydrogens is 437 g/mol. The summed E-state index contributed by atoms with van der Waals surface area (Å²) in [7, 11) is 0. The fraction of sp³-hybridized carbons (Fsp3) is 0. The van der Waals surface area contributed by atoms with Crippen molar-refractivity contribution in [2.45, 2.75) is 0 Å². The summed E-state index contributed by atoms with van der Waals surface area (Å²) < 4.78 is 0. The Balaban J connectivity index is 0. The molecule has 0 aromatic carbocycles. The van der Waals surface area contributed by atoms with Crippen LogP contribution in [0.15, 0.2) is 0 Å². The van der Waals surface area contributed by atoms with Crippen LogP contribution in [0.5, 0.6) is 0 Å². The van der Waals surface area contributed by atoms with Crippen LogP contribution in [0.4, 0.5) is 0 Å². The summed E-state index contributed by atoms with van der Waals surface area (Å²) in [5.41, 5.74) is 0. The zero-order chi connectivity index (χ0) is 0. The van der Waals surface area contributed by atoms with Gasteiger partial charge in [0.15, 0.2) is 0 Å². The Labute approximate surface area is 138 Å². The Morgan fingerprint density at radius 2 is 1.00 bits per heavy atom. The van der Waals surface area contributed by atoms with Gasteiger partial charge < -0.3 is 13.8 Å². The Morgan fingerprint density at radius 3 is 1.00 bits per heavy atom. The van der Waals surface area contributed by atoms with Gasteiger partial charge in [-0.25, -0.2) is 0 Å². The van der Waals surface area contributed by atoms with E-state index in [1.165, 1.54) is 0 Å². The molecule has 0 aromatic rings. The Kier molecular flexibility index (Phi) is 320. The summed E-state index contributed by atoms with van der Waals surface area (Å²) in [6, 6.07) is 0. The summed E-state index contributed by atoms with van der Waals surface area (Å²) in [5.74, 6) is 0. The molecule has 0 rings (SSSR count). The predicted molar refractivity (Wildman–Crippen MR) is 32.8 cm³/mol. The number of halogens is 2. The molecular formula is H8BaBrClEuO2. The topological polar surface area (TPSA) is 63.0 Å². The monoisotopic (exact) mass is 445 g/mol. The maximum atomic E-state index is 0. The van der Waals surface area contributed by atoms with Crippen LogP contribution < -0.4 is 0 Å². The van der Waals surface area contributed by atoms with Crippen LogP contribution in [-0.4, -0.2) is 59.8 Å². The van der Waals surface area contributed by atoms with Gasteiger partial charge in [0.1, 0.15) is 0 Å². The molecule has 2 nitrogen and oxygen atoms in total. The molecule has 0 atom stereocenters. The van der Waals surface area contributed by atoms with E-state index in [0.29, 0.717) is 0 Å². The molecule has 0 fully saturated rings. The molecule has 0 unspecified atom stereocenters. The second-order valence-corrected chi connectivity index (χ2v) is 0. The summed E-state index contributed by atoms with van der Waals surface area (Å²) in [4.78, 5) is 0. The molecule has 6 heavy (non-hydrogen) atoms. The summed E-state index contributed by atoms with van der Waals surface area (Å²) >= 11 is 0. The van der Waals surface area contributed by atoms with E-state index in [9.17, 15) is 0 Å². The predicted octanol–water partition coefficient (Wildman–Crippen LogP) is -0.805. The normalized spacial score (nSPS) is 0. The smallest absolute Gasteiger partial charge is 1.00 e. The SMILES string of the molecule is Br.Cl.O.O.[Ba+2].[Eu].[H-].[H-]. The van der Waals surface area contributed by atoms with E-state index < -0.39 is 0 Å². The number of hydrogen-bond donors (Lipinski definition) is 0. The average Bonchev–Trinajstić information content (AvgIpc) is 0. The molecule has 1 radical (unpaired) electrons. The molecule has 4 N–H and O–H groups in total. The molecule has 43 valence electrons. The summed E-state index contributed by atoms with van der Waals surface area (Å²) in [6.45, 7) is 0. The van der Waals surface area contributed by atoms with E-state index >= 15 is 0 Å². The molecule has 0 saturated carbocycles. The minimum absolute atomic E-state index is 0. The van der Waals surface area contributed by atoms with Gasteiger partial charge in [0, 0.05) is 49.4 Å². The molecule has 0 aliphatic heterocycles. The van der Waals surface area contributed by atoms with Crippen molar-refractivity contribution >= 4 is 78.3 Å². The van der Waals surface area contributed by atoms with E-state index in [4.69, 9.17) is 0 Å². The van der Waals surface area contributed by atoms with Crippen LogP contribution in [0.25, 0.3) is 0 Å². The van der Waals surface area contributed by atoms with E-state index in [1.54, 1.807) is 0 Å². The van der Waals surface area contributed by atoms with E-state index in [0.717, 1.165) is 0 Å². The molecule has 0 spiro atoms.